The number of benzene rings is 1. The first-order valence-corrected chi connectivity index (χ1v) is 13.0. The number of ether oxygens (including phenoxy) is 2. The first-order chi connectivity index (χ1) is 18.7. The lowest BCUT2D eigenvalue weighted by atomic mass is 9.98. The maximum Gasteiger partial charge on any atom is 0.329 e. The first-order valence-electron chi connectivity index (χ1n) is 12.2. The lowest BCUT2D eigenvalue weighted by Crippen LogP contribution is -2.42. The number of aryl methyl sites for hydroxylation is 1. The maximum absolute atomic E-state index is 13.8. The van der Waals surface area contributed by atoms with Crippen LogP contribution in [0.4, 0.5) is 0 Å². The average Bonchev–Trinajstić information content (AvgIpc) is 3.58. The molecule has 0 fully saturated rings. The number of methoxy groups -OCH3 is 1. The van der Waals surface area contributed by atoms with Gasteiger partial charge in [0.15, 0.2) is 0 Å². The summed E-state index contributed by atoms with van der Waals surface area (Å²) in [6, 6.07) is 11.1. The Balaban J connectivity index is 1.75. The van der Waals surface area contributed by atoms with Crippen molar-refractivity contribution in [3.05, 3.63) is 94.5 Å². The Morgan fingerprint density at radius 2 is 1.92 bits per heavy atom. The summed E-state index contributed by atoms with van der Waals surface area (Å²) in [7, 11) is 1.60. The van der Waals surface area contributed by atoms with Crippen LogP contribution in [0.3, 0.4) is 0 Å². The van der Waals surface area contributed by atoms with E-state index < -0.39 is 23.2 Å². The van der Waals surface area contributed by atoms with Crippen LogP contribution < -0.4 is 15.0 Å². The zero-order valence-electron chi connectivity index (χ0n) is 21.9. The van der Waals surface area contributed by atoms with Gasteiger partial charge in [-0.1, -0.05) is 18.2 Å². The van der Waals surface area contributed by atoms with Crippen molar-refractivity contribution >= 4 is 27.4 Å². The average molecular weight is 546 g/mol. The number of rotatable bonds is 9. The van der Waals surface area contributed by atoms with E-state index in [1.54, 1.807) is 44.0 Å². The summed E-state index contributed by atoms with van der Waals surface area (Å²) in [6.45, 7) is 4.84. The second-order valence-corrected chi connectivity index (χ2v) is 10.5. The molecule has 0 unspecified atom stereocenters. The molecule has 0 radical (unpaired) electrons. The van der Waals surface area contributed by atoms with E-state index in [1.807, 2.05) is 31.2 Å². The predicted octanol–water partition coefficient (Wildman–Crippen LogP) is 5.61. The number of para-hydroxylation sites is 1. The van der Waals surface area contributed by atoms with Crippen LogP contribution in [0.5, 0.6) is 11.5 Å². The highest BCUT2D eigenvalue weighted by molar-refractivity contribution is 7.22. The van der Waals surface area contributed by atoms with Crippen molar-refractivity contribution in [2.45, 2.75) is 38.8 Å². The molecule has 0 bridgehead atoms. The number of hydrogen-bond donors (Lipinski definition) is 1. The van der Waals surface area contributed by atoms with Gasteiger partial charge in [0.1, 0.15) is 29.4 Å². The van der Waals surface area contributed by atoms with E-state index in [4.69, 9.17) is 13.9 Å². The van der Waals surface area contributed by atoms with Gasteiger partial charge < -0.3 is 19.0 Å². The summed E-state index contributed by atoms with van der Waals surface area (Å²) in [5.74, 6) is 0.538. The number of carboxylic acid groups (broad SMARTS) is 1. The second-order valence-electron chi connectivity index (χ2n) is 9.53. The molecule has 9 nitrogen and oxygen atoms in total. The molecule has 39 heavy (non-hydrogen) atoms. The lowest BCUT2D eigenvalue weighted by molar-refractivity contribution is -0.145. The van der Waals surface area contributed by atoms with Gasteiger partial charge in [0.05, 0.1) is 23.6 Å². The topological polar surface area (TPSA) is 117 Å². The summed E-state index contributed by atoms with van der Waals surface area (Å²) >= 11 is 1.39. The van der Waals surface area contributed by atoms with Crippen molar-refractivity contribution in [2.24, 2.45) is 0 Å². The SMILES string of the molecule is COc1ccccc1[C@H](Cc1cn(C(C)(C)C(=O)O)c(=O)c2c(C)c(-c3ncco3)sc12)Oc1ccncc1. The molecule has 200 valence electrons. The number of carboxylic acids is 1. The van der Waals surface area contributed by atoms with Gasteiger partial charge in [-0.25, -0.2) is 9.78 Å². The quantitative estimate of drug-likeness (QED) is 0.254. The number of nitrogens with zero attached hydrogens (tertiary/aromatic N) is 3. The zero-order chi connectivity index (χ0) is 27.7. The van der Waals surface area contributed by atoms with E-state index in [0.717, 1.165) is 15.8 Å². The maximum atomic E-state index is 13.8. The molecule has 4 aromatic heterocycles. The number of aliphatic carboxylic acids is 1. The fourth-order valence-corrected chi connectivity index (χ4v) is 5.78. The molecule has 0 amide bonds. The standard InChI is InChI=1S/C29H27N3O6S/c1-17-23-25(39-24(17)26-31-13-14-37-26)18(16-32(27(23)33)29(2,3)28(34)35)15-22(38-19-9-11-30-12-10-19)20-7-5-6-8-21(20)36-4/h5-14,16,22H,15H2,1-4H3,(H,34,35)/t22-/m0/s1. The number of pyridine rings is 2. The third kappa shape index (κ3) is 4.79. The lowest BCUT2D eigenvalue weighted by Gasteiger charge is -2.26. The summed E-state index contributed by atoms with van der Waals surface area (Å²) in [6.07, 6.45) is 7.74. The van der Waals surface area contributed by atoms with Crippen molar-refractivity contribution < 1.29 is 23.8 Å². The Morgan fingerprint density at radius 1 is 1.18 bits per heavy atom. The van der Waals surface area contributed by atoms with Crippen molar-refractivity contribution in [1.82, 2.24) is 14.5 Å². The number of carbonyl (C=O) groups is 1. The minimum Gasteiger partial charge on any atom is -0.496 e. The minimum atomic E-state index is -1.50. The Kier molecular flexibility index (Phi) is 6.96. The highest BCUT2D eigenvalue weighted by atomic mass is 32.1. The van der Waals surface area contributed by atoms with Crippen LogP contribution in [-0.4, -0.2) is 32.7 Å². The fraction of sp³-hybridized carbons (Fsp3) is 0.241. The zero-order valence-corrected chi connectivity index (χ0v) is 22.7. The Bertz CT molecular complexity index is 1690. The van der Waals surface area contributed by atoms with E-state index in [0.29, 0.717) is 39.6 Å². The molecular formula is C29H27N3O6S. The third-order valence-electron chi connectivity index (χ3n) is 6.73. The number of fused-ring (bicyclic) bond motifs is 1. The molecule has 0 aliphatic carbocycles. The van der Waals surface area contributed by atoms with Crippen LogP contribution in [-0.2, 0) is 16.8 Å². The molecule has 1 atom stereocenters. The number of hydrogen-bond acceptors (Lipinski definition) is 8. The highest BCUT2D eigenvalue weighted by Gasteiger charge is 2.33. The van der Waals surface area contributed by atoms with Crippen molar-refractivity contribution in [2.75, 3.05) is 7.11 Å². The third-order valence-corrected chi connectivity index (χ3v) is 8.08. The normalized spacial score (nSPS) is 12.4. The van der Waals surface area contributed by atoms with Crippen LogP contribution >= 0.6 is 11.3 Å². The van der Waals surface area contributed by atoms with Crippen LogP contribution in [0, 0.1) is 6.92 Å². The van der Waals surface area contributed by atoms with Gasteiger partial charge in [-0.2, -0.15) is 0 Å². The van der Waals surface area contributed by atoms with E-state index in [9.17, 15) is 14.7 Å². The summed E-state index contributed by atoms with van der Waals surface area (Å²) < 4.78 is 19.7. The number of aromatic nitrogens is 3. The monoisotopic (exact) mass is 545 g/mol. The van der Waals surface area contributed by atoms with Crippen molar-refractivity contribution in [1.29, 1.82) is 0 Å². The van der Waals surface area contributed by atoms with E-state index in [1.165, 1.54) is 36.0 Å². The first kappa shape index (κ1) is 26.2. The van der Waals surface area contributed by atoms with Crippen molar-refractivity contribution in [3.8, 4) is 22.3 Å². The van der Waals surface area contributed by atoms with Crippen LogP contribution in [0.25, 0.3) is 20.9 Å². The van der Waals surface area contributed by atoms with E-state index >= 15 is 0 Å². The summed E-state index contributed by atoms with van der Waals surface area (Å²) in [5.41, 5.74) is 0.347. The van der Waals surface area contributed by atoms with Gasteiger partial charge in [-0.05, 0) is 50.1 Å². The van der Waals surface area contributed by atoms with E-state index in [2.05, 4.69) is 9.97 Å². The summed E-state index contributed by atoms with van der Waals surface area (Å²) in [5, 5.41) is 10.4. The van der Waals surface area contributed by atoms with Crippen LogP contribution in [0.1, 0.15) is 36.6 Å². The van der Waals surface area contributed by atoms with E-state index in [-0.39, 0.29) is 0 Å². The molecule has 1 N–H and O–H groups in total. The molecule has 1 aromatic carbocycles. The molecule has 10 heteroatoms. The molecule has 0 aliphatic rings. The molecule has 0 saturated carbocycles. The van der Waals surface area contributed by atoms with Crippen molar-refractivity contribution in [3.63, 3.8) is 0 Å². The predicted molar refractivity (Wildman–Crippen MR) is 148 cm³/mol. The summed E-state index contributed by atoms with van der Waals surface area (Å²) in [4.78, 5) is 35.1. The van der Waals surface area contributed by atoms with Gasteiger partial charge in [-0.15, -0.1) is 11.3 Å². The second kappa shape index (κ2) is 10.4. The fourth-order valence-electron chi connectivity index (χ4n) is 4.52. The Labute approximate surface area is 228 Å². The van der Waals surface area contributed by atoms with Gasteiger partial charge in [0.2, 0.25) is 5.89 Å². The molecule has 4 heterocycles. The van der Waals surface area contributed by atoms with Gasteiger partial charge in [0, 0.05) is 35.3 Å². The highest BCUT2D eigenvalue weighted by Crippen LogP contribution is 2.40. The minimum absolute atomic E-state index is 0.320. The molecule has 0 spiro atoms. The van der Waals surface area contributed by atoms with Gasteiger partial charge in [0.25, 0.3) is 5.56 Å². The molecular weight excluding hydrogens is 518 g/mol. The molecule has 0 aliphatic heterocycles. The smallest absolute Gasteiger partial charge is 0.329 e. The van der Waals surface area contributed by atoms with Gasteiger partial charge >= 0.3 is 5.97 Å². The van der Waals surface area contributed by atoms with Crippen LogP contribution in [0.2, 0.25) is 0 Å². The Hall–Kier alpha value is -4.44. The molecule has 5 aromatic rings. The Morgan fingerprint density at radius 3 is 2.59 bits per heavy atom. The van der Waals surface area contributed by atoms with Crippen LogP contribution in [0.15, 0.2) is 76.7 Å². The number of thiophene rings is 1. The molecule has 0 saturated heterocycles. The van der Waals surface area contributed by atoms with Gasteiger partial charge in [-0.3, -0.25) is 14.3 Å². The largest absolute Gasteiger partial charge is 0.496 e. The number of oxazole rings is 1. The molecule has 5 rings (SSSR count).